The molecule has 2 heterocycles. The lowest BCUT2D eigenvalue weighted by Crippen LogP contribution is -2.44. The summed E-state index contributed by atoms with van der Waals surface area (Å²) in [4.78, 5) is 14.5. The summed E-state index contributed by atoms with van der Waals surface area (Å²) in [5, 5.41) is 16.2. The van der Waals surface area contributed by atoms with Crippen LogP contribution in [0.3, 0.4) is 0 Å². The highest BCUT2D eigenvalue weighted by Crippen LogP contribution is 2.21. The van der Waals surface area contributed by atoms with Crippen molar-refractivity contribution in [1.29, 1.82) is 0 Å². The molecule has 1 aliphatic rings. The highest BCUT2D eigenvalue weighted by Gasteiger charge is 2.28. The lowest BCUT2D eigenvalue weighted by atomic mass is 9.99. The third-order valence-electron chi connectivity index (χ3n) is 4.34. The quantitative estimate of drug-likeness (QED) is 0.853. The van der Waals surface area contributed by atoms with Crippen LogP contribution in [0.1, 0.15) is 41.9 Å². The molecule has 1 amide bonds. The number of nitrogens with one attached hydrogen (secondary N) is 1. The normalized spacial score (nSPS) is 17.7. The highest BCUT2D eigenvalue weighted by molar-refractivity contribution is 5.92. The molecular weight excluding hydrogens is 306 g/mol. The molecule has 6 heteroatoms. The SMILES string of the molecule is O=C(c1cc(COc2ccccc2)[nH]n1)N1CCCCC1CCO. The number of ether oxygens (including phenoxy) is 1. The lowest BCUT2D eigenvalue weighted by Gasteiger charge is -2.35. The number of rotatable bonds is 6. The van der Waals surface area contributed by atoms with Crippen LogP contribution >= 0.6 is 0 Å². The minimum absolute atomic E-state index is 0.0737. The van der Waals surface area contributed by atoms with Crippen LogP contribution in [-0.4, -0.2) is 45.3 Å². The number of piperidine rings is 1. The Bertz CT molecular complexity index is 655. The molecule has 1 atom stereocenters. The van der Waals surface area contributed by atoms with Gasteiger partial charge < -0.3 is 14.7 Å². The number of para-hydroxylation sites is 1. The molecule has 1 aliphatic heterocycles. The summed E-state index contributed by atoms with van der Waals surface area (Å²) in [6.07, 6.45) is 3.67. The first-order chi connectivity index (χ1) is 11.8. The summed E-state index contributed by atoms with van der Waals surface area (Å²) in [6.45, 7) is 1.17. The van der Waals surface area contributed by atoms with Gasteiger partial charge in [0.25, 0.3) is 5.91 Å². The topological polar surface area (TPSA) is 78.5 Å². The maximum Gasteiger partial charge on any atom is 0.274 e. The van der Waals surface area contributed by atoms with Gasteiger partial charge in [0.05, 0.1) is 5.69 Å². The second-order valence-electron chi connectivity index (χ2n) is 6.04. The van der Waals surface area contributed by atoms with Gasteiger partial charge in [-0.25, -0.2) is 0 Å². The summed E-state index contributed by atoms with van der Waals surface area (Å²) >= 11 is 0. The first kappa shape index (κ1) is 16.5. The molecule has 0 saturated carbocycles. The zero-order valence-corrected chi connectivity index (χ0v) is 13.6. The third kappa shape index (κ3) is 3.94. The van der Waals surface area contributed by atoms with Crippen molar-refractivity contribution >= 4 is 5.91 Å². The second kappa shape index (κ2) is 7.97. The van der Waals surface area contributed by atoms with Crippen LogP contribution in [0.4, 0.5) is 0 Å². The van der Waals surface area contributed by atoms with Crippen molar-refractivity contribution < 1.29 is 14.6 Å². The van der Waals surface area contributed by atoms with Crippen molar-refractivity contribution in [2.75, 3.05) is 13.2 Å². The van der Waals surface area contributed by atoms with Crippen molar-refractivity contribution in [3.05, 3.63) is 47.8 Å². The lowest BCUT2D eigenvalue weighted by molar-refractivity contribution is 0.0568. The number of likely N-dealkylation sites (tertiary alicyclic amines) is 1. The molecule has 0 bridgehead atoms. The number of hydrogen-bond donors (Lipinski definition) is 2. The van der Waals surface area contributed by atoms with Crippen molar-refractivity contribution in [3.8, 4) is 5.75 Å². The van der Waals surface area contributed by atoms with Crippen LogP contribution in [0.15, 0.2) is 36.4 Å². The Labute approximate surface area is 141 Å². The molecule has 1 unspecified atom stereocenters. The van der Waals surface area contributed by atoms with Crippen molar-refractivity contribution in [2.45, 2.75) is 38.3 Å². The van der Waals surface area contributed by atoms with Gasteiger partial charge in [-0.3, -0.25) is 9.89 Å². The average Bonchev–Trinajstić information content (AvgIpc) is 3.10. The average molecular weight is 329 g/mol. The van der Waals surface area contributed by atoms with E-state index in [1.165, 1.54) is 0 Å². The molecular formula is C18H23N3O3. The van der Waals surface area contributed by atoms with E-state index < -0.39 is 0 Å². The molecule has 0 radical (unpaired) electrons. The van der Waals surface area contributed by atoms with E-state index in [4.69, 9.17) is 4.74 Å². The van der Waals surface area contributed by atoms with Gasteiger partial charge in [-0.1, -0.05) is 18.2 Å². The number of hydrogen-bond acceptors (Lipinski definition) is 4. The molecule has 1 fully saturated rings. The minimum atomic E-state index is -0.0737. The molecule has 1 aromatic carbocycles. The van der Waals surface area contributed by atoms with E-state index in [0.717, 1.165) is 37.3 Å². The molecule has 0 aliphatic carbocycles. The van der Waals surface area contributed by atoms with Gasteiger partial charge in [-0.2, -0.15) is 5.10 Å². The van der Waals surface area contributed by atoms with Gasteiger partial charge in [-0.05, 0) is 43.9 Å². The predicted molar refractivity (Wildman–Crippen MR) is 89.7 cm³/mol. The first-order valence-electron chi connectivity index (χ1n) is 8.42. The molecule has 2 N–H and O–H groups in total. The van der Waals surface area contributed by atoms with Crippen molar-refractivity contribution in [3.63, 3.8) is 0 Å². The van der Waals surface area contributed by atoms with Gasteiger partial charge in [0.1, 0.15) is 12.4 Å². The smallest absolute Gasteiger partial charge is 0.274 e. The number of aliphatic hydroxyl groups is 1. The Morgan fingerprint density at radius 2 is 2.17 bits per heavy atom. The largest absolute Gasteiger partial charge is 0.487 e. The van der Waals surface area contributed by atoms with Gasteiger partial charge >= 0.3 is 0 Å². The highest BCUT2D eigenvalue weighted by atomic mass is 16.5. The number of aliphatic hydroxyl groups excluding tert-OH is 1. The van der Waals surface area contributed by atoms with Gasteiger partial charge in [0.2, 0.25) is 0 Å². The summed E-state index contributed by atoms with van der Waals surface area (Å²) in [5.74, 6) is 0.703. The molecule has 1 saturated heterocycles. The number of H-pyrrole nitrogens is 1. The van der Waals surface area contributed by atoms with Gasteiger partial charge in [0.15, 0.2) is 5.69 Å². The summed E-state index contributed by atoms with van der Waals surface area (Å²) in [7, 11) is 0. The number of carbonyl (C=O) groups is 1. The standard InChI is InChI=1S/C18H23N3O3/c22-11-9-15-6-4-5-10-21(15)18(23)17-12-14(19-20-17)13-24-16-7-2-1-3-8-16/h1-3,7-8,12,15,22H,4-6,9-11,13H2,(H,19,20). The predicted octanol–water partition coefficient (Wildman–Crippen LogP) is 2.37. The molecule has 3 rings (SSSR count). The number of carbonyl (C=O) groups excluding carboxylic acids is 1. The van der Waals surface area contributed by atoms with Crippen LogP contribution < -0.4 is 4.74 Å². The first-order valence-corrected chi connectivity index (χ1v) is 8.42. The number of benzene rings is 1. The van der Waals surface area contributed by atoms with E-state index in [1.54, 1.807) is 6.07 Å². The fourth-order valence-electron chi connectivity index (χ4n) is 3.09. The zero-order chi connectivity index (χ0) is 16.8. The van der Waals surface area contributed by atoms with E-state index in [2.05, 4.69) is 10.2 Å². The molecule has 2 aromatic rings. The Morgan fingerprint density at radius 1 is 1.33 bits per heavy atom. The van der Waals surface area contributed by atoms with Gasteiger partial charge in [-0.15, -0.1) is 0 Å². The summed E-state index contributed by atoms with van der Waals surface area (Å²) in [6, 6.07) is 11.4. The van der Waals surface area contributed by atoms with E-state index in [-0.39, 0.29) is 18.6 Å². The molecule has 6 nitrogen and oxygen atoms in total. The van der Waals surface area contributed by atoms with Crippen molar-refractivity contribution in [2.24, 2.45) is 0 Å². The Hall–Kier alpha value is -2.34. The second-order valence-corrected chi connectivity index (χ2v) is 6.04. The van der Waals surface area contributed by atoms with E-state index >= 15 is 0 Å². The summed E-state index contributed by atoms with van der Waals surface area (Å²) < 4.78 is 5.66. The van der Waals surface area contributed by atoms with Crippen LogP contribution in [0.25, 0.3) is 0 Å². The van der Waals surface area contributed by atoms with Crippen LogP contribution in [-0.2, 0) is 6.61 Å². The number of aromatic nitrogens is 2. The number of nitrogens with zero attached hydrogens (tertiary/aromatic N) is 2. The molecule has 0 spiro atoms. The van der Waals surface area contributed by atoms with Crippen LogP contribution in [0.2, 0.25) is 0 Å². The van der Waals surface area contributed by atoms with Crippen LogP contribution in [0.5, 0.6) is 5.75 Å². The Morgan fingerprint density at radius 3 is 2.96 bits per heavy atom. The maximum atomic E-state index is 12.7. The number of amides is 1. The third-order valence-corrected chi connectivity index (χ3v) is 4.34. The molecule has 24 heavy (non-hydrogen) atoms. The van der Waals surface area contributed by atoms with E-state index in [9.17, 15) is 9.90 Å². The fraction of sp³-hybridized carbons (Fsp3) is 0.444. The van der Waals surface area contributed by atoms with Crippen LogP contribution in [0, 0.1) is 0 Å². The van der Waals surface area contributed by atoms with E-state index in [1.807, 2.05) is 35.2 Å². The zero-order valence-electron chi connectivity index (χ0n) is 13.6. The van der Waals surface area contributed by atoms with Crippen molar-refractivity contribution in [1.82, 2.24) is 15.1 Å². The molecule has 128 valence electrons. The number of aromatic amines is 1. The Balaban J connectivity index is 1.62. The molecule has 1 aromatic heterocycles. The monoisotopic (exact) mass is 329 g/mol. The van der Waals surface area contributed by atoms with Gasteiger partial charge in [0, 0.05) is 19.2 Å². The maximum absolute atomic E-state index is 12.7. The Kier molecular flexibility index (Phi) is 5.48. The minimum Gasteiger partial charge on any atom is -0.487 e. The fourth-order valence-corrected chi connectivity index (χ4v) is 3.09. The summed E-state index contributed by atoms with van der Waals surface area (Å²) in [5.41, 5.74) is 1.17. The van der Waals surface area contributed by atoms with E-state index in [0.29, 0.717) is 18.7 Å².